The first kappa shape index (κ1) is 12.2. The van der Waals surface area contributed by atoms with E-state index in [0.717, 1.165) is 42.3 Å². The minimum atomic E-state index is 0.802. The summed E-state index contributed by atoms with van der Waals surface area (Å²) in [6.45, 7) is 3.57. The quantitative estimate of drug-likeness (QED) is 0.750. The molecule has 0 saturated carbocycles. The van der Waals surface area contributed by atoms with Gasteiger partial charge in [0.2, 0.25) is 0 Å². The monoisotopic (exact) mass is 238 g/mol. The van der Waals surface area contributed by atoms with E-state index < -0.39 is 0 Å². The Bertz CT molecular complexity index is 364. The fourth-order valence-electron chi connectivity index (χ4n) is 2.11. The van der Waals surface area contributed by atoms with Crippen LogP contribution in [-0.2, 0) is 4.74 Å². The summed E-state index contributed by atoms with van der Waals surface area (Å²) in [6, 6.07) is 6.05. The van der Waals surface area contributed by atoms with Crippen molar-refractivity contribution in [3.05, 3.63) is 18.2 Å². The van der Waals surface area contributed by atoms with Crippen LogP contribution in [-0.4, -0.2) is 47.6 Å². The predicted molar refractivity (Wildman–Crippen MR) is 67.8 cm³/mol. The second-order valence-electron chi connectivity index (χ2n) is 4.53. The SMILES string of the molecule is COc1cc(OC)cc([N+]2(C)CCOCC2)c1. The van der Waals surface area contributed by atoms with E-state index in [1.54, 1.807) is 14.2 Å². The Labute approximate surface area is 102 Å². The van der Waals surface area contributed by atoms with Gasteiger partial charge in [-0.25, -0.2) is 0 Å². The van der Waals surface area contributed by atoms with E-state index >= 15 is 0 Å². The number of quaternary nitrogens is 1. The first-order valence-electron chi connectivity index (χ1n) is 5.84. The largest absolute Gasteiger partial charge is 0.496 e. The molecule has 4 heteroatoms. The number of benzene rings is 1. The molecule has 1 aromatic rings. The van der Waals surface area contributed by atoms with Crippen molar-refractivity contribution in [2.75, 3.05) is 47.6 Å². The molecule has 17 heavy (non-hydrogen) atoms. The van der Waals surface area contributed by atoms with Gasteiger partial charge in [0.25, 0.3) is 0 Å². The Balaban J connectivity index is 2.35. The van der Waals surface area contributed by atoms with Crippen molar-refractivity contribution in [1.82, 2.24) is 4.48 Å². The molecule has 2 rings (SSSR count). The van der Waals surface area contributed by atoms with Crippen LogP contribution in [0.4, 0.5) is 5.69 Å². The lowest BCUT2D eigenvalue weighted by Crippen LogP contribution is -2.53. The van der Waals surface area contributed by atoms with Crippen molar-refractivity contribution in [3.8, 4) is 11.5 Å². The van der Waals surface area contributed by atoms with Crippen LogP contribution in [0, 0.1) is 0 Å². The van der Waals surface area contributed by atoms with Crippen molar-refractivity contribution in [2.45, 2.75) is 0 Å². The summed E-state index contributed by atoms with van der Waals surface area (Å²) in [5.41, 5.74) is 1.21. The van der Waals surface area contributed by atoms with Crippen LogP contribution < -0.4 is 14.0 Å². The third-order valence-corrected chi connectivity index (χ3v) is 3.42. The van der Waals surface area contributed by atoms with Crippen LogP contribution in [0.2, 0.25) is 0 Å². The van der Waals surface area contributed by atoms with Gasteiger partial charge < -0.3 is 14.2 Å². The van der Waals surface area contributed by atoms with Gasteiger partial charge in [0.1, 0.15) is 30.3 Å². The van der Waals surface area contributed by atoms with Gasteiger partial charge in [0.15, 0.2) is 0 Å². The van der Waals surface area contributed by atoms with Crippen LogP contribution in [0.15, 0.2) is 18.2 Å². The van der Waals surface area contributed by atoms with Gasteiger partial charge in [-0.15, -0.1) is 0 Å². The maximum absolute atomic E-state index is 5.42. The topological polar surface area (TPSA) is 27.7 Å². The molecular weight excluding hydrogens is 218 g/mol. The average molecular weight is 238 g/mol. The van der Waals surface area contributed by atoms with Crippen molar-refractivity contribution in [2.24, 2.45) is 0 Å². The summed E-state index contributed by atoms with van der Waals surface area (Å²) in [7, 11) is 5.58. The van der Waals surface area contributed by atoms with Gasteiger partial charge in [0.05, 0.1) is 34.5 Å². The molecule has 0 unspecified atom stereocenters. The molecule has 1 fully saturated rings. The molecule has 1 aromatic carbocycles. The lowest BCUT2D eigenvalue weighted by molar-refractivity contribution is 0.0525. The molecule has 0 aromatic heterocycles. The summed E-state index contributed by atoms with van der Waals surface area (Å²) >= 11 is 0. The molecule has 94 valence electrons. The molecule has 0 spiro atoms. The van der Waals surface area contributed by atoms with Gasteiger partial charge in [-0.3, -0.25) is 4.48 Å². The van der Waals surface area contributed by atoms with Gasteiger partial charge in [0, 0.05) is 18.2 Å². The maximum atomic E-state index is 5.42. The van der Waals surface area contributed by atoms with Crippen LogP contribution in [0.3, 0.4) is 0 Å². The smallest absolute Gasteiger partial charge is 0.140 e. The first-order chi connectivity index (χ1) is 8.18. The van der Waals surface area contributed by atoms with E-state index in [1.165, 1.54) is 5.69 Å². The molecule has 1 saturated heterocycles. The second-order valence-corrected chi connectivity index (χ2v) is 4.53. The highest BCUT2D eigenvalue weighted by atomic mass is 16.5. The summed E-state index contributed by atoms with van der Waals surface area (Å²) in [6.07, 6.45) is 0. The van der Waals surface area contributed by atoms with E-state index in [1.807, 2.05) is 6.07 Å². The van der Waals surface area contributed by atoms with Gasteiger partial charge >= 0.3 is 0 Å². The normalized spacial score (nSPS) is 18.8. The number of hydrogen-bond acceptors (Lipinski definition) is 3. The molecule has 1 aliphatic rings. The van der Waals surface area contributed by atoms with E-state index in [0.29, 0.717) is 0 Å². The standard InChI is InChI=1S/C13H20NO3/c1-14(4-6-17-7-5-14)11-8-12(15-2)10-13(9-11)16-3/h8-10H,4-7H2,1-3H3/q+1. The van der Waals surface area contributed by atoms with Crippen molar-refractivity contribution < 1.29 is 14.2 Å². The Morgan fingerprint density at radius 3 is 2.00 bits per heavy atom. The van der Waals surface area contributed by atoms with E-state index in [9.17, 15) is 0 Å². The Kier molecular flexibility index (Phi) is 3.54. The summed E-state index contributed by atoms with van der Waals surface area (Å²) in [4.78, 5) is 0. The predicted octanol–water partition coefficient (Wildman–Crippen LogP) is 1.67. The van der Waals surface area contributed by atoms with Crippen LogP contribution in [0.25, 0.3) is 0 Å². The third-order valence-electron chi connectivity index (χ3n) is 3.42. The molecule has 0 radical (unpaired) electrons. The Morgan fingerprint density at radius 1 is 1.00 bits per heavy atom. The number of likely N-dealkylation sites (N-methyl/N-ethyl adjacent to an activating group) is 1. The van der Waals surface area contributed by atoms with E-state index in [4.69, 9.17) is 14.2 Å². The molecular formula is C13H20NO3+. The Hall–Kier alpha value is -1.26. The minimum absolute atomic E-state index is 0.802. The highest BCUT2D eigenvalue weighted by Crippen LogP contribution is 2.32. The molecule has 0 N–H and O–H groups in total. The third kappa shape index (κ3) is 2.53. The zero-order valence-corrected chi connectivity index (χ0v) is 10.7. The molecule has 0 amide bonds. The highest BCUT2D eigenvalue weighted by Gasteiger charge is 2.29. The number of nitrogens with zero attached hydrogens (tertiary/aromatic N) is 1. The average Bonchev–Trinajstić information content (AvgIpc) is 2.39. The van der Waals surface area contributed by atoms with Gasteiger partial charge in [-0.2, -0.15) is 0 Å². The van der Waals surface area contributed by atoms with Gasteiger partial charge in [-0.1, -0.05) is 0 Å². The minimum Gasteiger partial charge on any atom is -0.496 e. The summed E-state index contributed by atoms with van der Waals surface area (Å²) in [5, 5.41) is 0. The molecule has 4 nitrogen and oxygen atoms in total. The van der Waals surface area contributed by atoms with Crippen molar-refractivity contribution in [3.63, 3.8) is 0 Å². The molecule has 0 atom stereocenters. The Morgan fingerprint density at radius 2 is 1.53 bits per heavy atom. The van der Waals surface area contributed by atoms with Gasteiger partial charge in [-0.05, 0) is 0 Å². The lowest BCUT2D eigenvalue weighted by atomic mass is 10.2. The zero-order valence-electron chi connectivity index (χ0n) is 10.7. The van der Waals surface area contributed by atoms with Crippen LogP contribution in [0.1, 0.15) is 0 Å². The molecule has 1 heterocycles. The lowest BCUT2D eigenvalue weighted by Gasteiger charge is -2.37. The molecule has 1 aliphatic heterocycles. The zero-order chi connectivity index (χ0) is 12.3. The van der Waals surface area contributed by atoms with Crippen LogP contribution >= 0.6 is 0 Å². The number of ether oxygens (including phenoxy) is 3. The number of morpholine rings is 1. The molecule has 0 aliphatic carbocycles. The van der Waals surface area contributed by atoms with E-state index in [-0.39, 0.29) is 0 Å². The summed E-state index contributed by atoms with van der Waals surface area (Å²) < 4.78 is 16.9. The fraction of sp³-hybridized carbons (Fsp3) is 0.538. The second kappa shape index (κ2) is 4.94. The molecule has 0 bridgehead atoms. The summed E-state index contributed by atoms with van der Waals surface area (Å²) in [5.74, 6) is 1.68. The first-order valence-corrected chi connectivity index (χ1v) is 5.84. The van der Waals surface area contributed by atoms with E-state index in [2.05, 4.69) is 19.2 Å². The number of rotatable bonds is 3. The van der Waals surface area contributed by atoms with Crippen LogP contribution in [0.5, 0.6) is 11.5 Å². The maximum Gasteiger partial charge on any atom is 0.140 e. The van der Waals surface area contributed by atoms with Crippen molar-refractivity contribution in [1.29, 1.82) is 0 Å². The fourth-order valence-corrected chi connectivity index (χ4v) is 2.11. The number of hydrogen-bond donors (Lipinski definition) is 0. The highest BCUT2D eigenvalue weighted by molar-refractivity contribution is 5.53. The number of methoxy groups -OCH3 is 2. The van der Waals surface area contributed by atoms with Crippen molar-refractivity contribution >= 4 is 5.69 Å².